The zero-order valence-corrected chi connectivity index (χ0v) is 20.2. The van der Waals surface area contributed by atoms with Crippen LogP contribution in [0.1, 0.15) is 34.3 Å². The number of anilines is 1. The minimum absolute atomic E-state index is 0.0102. The molecule has 0 bridgehead atoms. The van der Waals surface area contributed by atoms with Gasteiger partial charge in [-0.25, -0.2) is 0 Å². The lowest BCUT2D eigenvalue weighted by Gasteiger charge is -2.36. The molecule has 4 rings (SSSR count). The molecule has 1 aliphatic rings. The van der Waals surface area contributed by atoms with Gasteiger partial charge in [-0.1, -0.05) is 42.5 Å². The standard InChI is InChI=1S/C27H32N4O2S/c32-26(11-6-13-28-27(33)24-12-18-34-21-24)29-19-22-7-4-5-8-23(22)20-30-14-16-31(17-15-30)25-9-2-1-3-10-25/h1-5,7-10,12,18,21H,6,11,13-17,19-20H2,(H,28,33)(H,29,32). The maximum atomic E-state index is 12.3. The van der Waals surface area contributed by atoms with E-state index in [9.17, 15) is 9.59 Å². The summed E-state index contributed by atoms with van der Waals surface area (Å²) in [4.78, 5) is 29.2. The summed E-state index contributed by atoms with van der Waals surface area (Å²) in [5.74, 6) is -0.0729. The van der Waals surface area contributed by atoms with Gasteiger partial charge in [-0.3, -0.25) is 14.5 Å². The molecule has 6 nitrogen and oxygen atoms in total. The Hall–Kier alpha value is -3.16. The SMILES string of the molecule is O=C(CCCNC(=O)c1ccsc1)NCc1ccccc1CN1CCN(c2ccccc2)CC1. The molecule has 34 heavy (non-hydrogen) atoms. The van der Waals surface area contributed by atoms with Gasteiger partial charge in [0.1, 0.15) is 0 Å². The maximum Gasteiger partial charge on any atom is 0.252 e. The van der Waals surface area contributed by atoms with E-state index in [1.54, 1.807) is 6.07 Å². The van der Waals surface area contributed by atoms with E-state index in [-0.39, 0.29) is 11.8 Å². The number of hydrogen-bond acceptors (Lipinski definition) is 5. The van der Waals surface area contributed by atoms with Gasteiger partial charge >= 0.3 is 0 Å². The fourth-order valence-corrected chi connectivity index (χ4v) is 4.79. The van der Waals surface area contributed by atoms with Crippen LogP contribution in [0.5, 0.6) is 0 Å². The number of piperazine rings is 1. The van der Waals surface area contributed by atoms with Crippen molar-refractivity contribution in [3.63, 3.8) is 0 Å². The predicted octanol–water partition coefficient (Wildman–Crippen LogP) is 3.90. The van der Waals surface area contributed by atoms with Crippen LogP contribution in [0.15, 0.2) is 71.4 Å². The van der Waals surface area contributed by atoms with Gasteiger partial charge in [0.25, 0.3) is 5.91 Å². The number of hydrogen-bond donors (Lipinski definition) is 2. The summed E-state index contributed by atoms with van der Waals surface area (Å²) in [7, 11) is 0. The Kier molecular flexibility index (Phi) is 8.71. The molecule has 0 unspecified atom stereocenters. The molecular formula is C27H32N4O2S. The monoisotopic (exact) mass is 476 g/mol. The van der Waals surface area contributed by atoms with Gasteiger partial charge in [-0.05, 0) is 41.1 Å². The Morgan fingerprint density at radius 2 is 1.59 bits per heavy atom. The highest BCUT2D eigenvalue weighted by Crippen LogP contribution is 2.18. The van der Waals surface area contributed by atoms with Crippen molar-refractivity contribution in [1.29, 1.82) is 0 Å². The van der Waals surface area contributed by atoms with Gasteiger partial charge in [0.05, 0.1) is 0 Å². The average Bonchev–Trinajstić information content (AvgIpc) is 3.42. The second-order valence-electron chi connectivity index (χ2n) is 8.52. The molecule has 0 atom stereocenters. The summed E-state index contributed by atoms with van der Waals surface area (Å²) >= 11 is 1.50. The summed E-state index contributed by atoms with van der Waals surface area (Å²) in [5.41, 5.74) is 4.38. The van der Waals surface area contributed by atoms with Gasteiger partial charge in [-0.2, -0.15) is 11.3 Å². The van der Waals surface area contributed by atoms with Crippen LogP contribution in [0.2, 0.25) is 0 Å². The van der Waals surface area contributed by atoms with E-state index in [1.807, 2.05) is 16.8 Å². The van der Waals surface area contributed by atoms with Crippen molar-refractivity contribution in [2.75, 3.05) is 37.6 Å². The number of thiophene rings is 1. The quantitative estimate of drug-likeness (QED) is 0.436. The minimum atomic E-state index is -0.0832. The van der Waals surface area contributed by atoms with Crippen LogP contribution >= 0.6 is 11.3 Å². The lowest BCUT2D eigenvalue weighted by Crippen LogP contribution is -2.46. The van der Waals surface area contributed by atoms with E-state index in [0.717, 1.165) is 38.3 Å². The Balaban J connectivity index is 1.18. The molecule has 3 aromatic rings. The van der Waals surface area contributed by atoms with Crippen molar-refractivity contribution in [3.8, 4) is 0 Å². The summed E-state index contributed by atoms with van der Waals surface area (Å²) in [6.07, 6.45) is 1.02. The molecule has 0 radical (unpaired) electrons. The summed E-state index contributed by atoms with van der Waals surface area (Å²) in [6, 6.07) is 20.7. The van der Waals surface area contributed by atoms with Gasteiger partial charge in [-0.15, -0.1) is 0 Å². The van der Waals surface area contributed by atoms with Crippen molar-refractivity contribution in [2.24, 2.45) is 0 Å². The van der Waals surface area contributed by atoms with Crippen LogP contribution < -0.4 is 15.5 Å². The molecule has 2 amide bonds. The molecule has 0 aliphatic carbocycles. The molecule has 7 heteroatoms. The molecule has 178 valence electrons. The first kappa shape index (κ1) is 24.0. The normalized spacial score (nSPS) is 14.1. The predicted molar refractivity (Wildman–Crippen MR) is 138 cm³/mol. The van der Waals surface area contributed by atoms with E-state index < -0.39 is 0 Å². The first-order valence-electron chi connectivity index (χ1n) is 11.9. The largest absolute Gasteiger partial charge is 0.369 e. The van der Waals surface area contributed by atoms with Crippen LogP contribution in [0.3, 0.4) is 0 Å². The van der Waals surface area contributed by atoms with Crippen molar-refractivity contribution in [3.05, 3.63) is 88.1 Å². The second-order valence-corrected chi connectivity index (χ2v) is 9.30. The minimum Gasteiger partial charge on any atom is -0.369 e. The Morgan fingerprint density at radius 1 is 0.853 bits per heavy atom. The Labute approximate surface area is 205 Å². The molecular weight excluding hydrogens is 444 g/mol. The molecule has 2 N–H and O–H groups in total. The van der Waals surface area contributed by atoms with Crippen molar-refractivity contribution >= 4 is 28.8 Å². The fourth-order valence-electron chi connectivity index (χ4n) is 4.16. The second kappa shape index (κ2) is 12.3. The molecule has 2 aromatic carbocycles. The maximum absolute atomic E-state index is 12.3. The average molecular weight is 477 g/mol. The third-order valence-corrected chi connectivity index (χ3v) is 6.81. The molecule has 2 heterocycles. The zero-order chi connectivity index (χ0) is 23.6. The number of para-hydroxylation sites is 1. The van der Waals surface area contributed by atoms with Crippen molar-refractivity contribution in [1.82, 2.24) is 15.5 Å². The highest BCUT2D eigenvalue weighted by molar-refractivity contribution is 7.08. The zero-order valence-electron chi connectivity index (χ0n) is 19.4. The number of carbonyl (C=O) groups excluding carboxylic acids is 2. The third kappa shape index (κ3) is 6.92. The smallest absolute Gasteiger partial charge is 0.252 e. The third-order valence-electron chi connectivity index (χ3n) is 6.13. The van der Waals surface area contributed by atoms with Crippen LogP contribution in [-0.4, -0.2) is 49.4 Å². The highest BCUT2D eigenvalue weighted by atomic mass is 32.1. The topological polar surface area (TPSA) is 64.7 Å². The number of amides is 2. The van der Waals surface area contributed by atoms with E-state index >= 15 is 0 Å². The summed E-state index contributed by atoms with van der Waals surface area (Å²) in [5, 5.41) is 9.61. The van der Waals surface area contributed by atoms with E-state index in [0.29, 0.717) is 31.5 Å². The lowest BCUT2D eigenvalue weighted by molar-refractivity contribution is -0.121. The highest BCUT2D eigenvalue weighted by Gasteiger charge is 2.18. The van der Waals surface area contributed by atoms with Crippen LogP contribution in [0, 0.1) is 0 Å². The first-order valence-corrected chi connectivity index (χ1v) is 12.8. The molecule has 0 spiro atoms. The number of carbonyl (C=O) groups is 2. The van der Waals surface area contributed by atoms with Crippen molar-refractivity contribution < 1.29 is 9.59 Å². The first-order chi connectivity index (χ1) is 16.7. The van der Waals surface area contributed by atoms with Crippen LogP contribution in [-0.2, 0) is 17.9 Å². The Bertz CT molecular complexity index is 1050. The van der Waals surface area contributed by atoms with Gasteiger partial charge in [0.2, 0.25) is 5.91 Å². The number of nitrogens with zero attached hydrogens (tertiary/aromatic N) is 2. The van der Waals surface area contributed by atoms with Gasteiger partial charge in [0.15, 0.2) is 0 Å². The van der Waals surface area contributed by atoms with Gasteiger partial charge < -0.3 is 15.5 Å². The molecule has 0 saturated carbocycles. The van der Waals surface area contributed by atoms with Gasteiger partial charge in [0, 0.05) is 68.9 Å². The van der Waals surface area contributed by atoms with E-state index in [2.05, 4.69) is 69.0 Å². The lowest BCUT2D eigenvalue weighted by atomic mass is 10.1. The molecule has 1 aliphatic heterocycles. The van der Waals surface area contributed by atoms with E-state index in [1.165, 1.54) is 22.6 Å². The molecule has 1 fully saturated rings. The Morgan fingerprint density at radius 3 is 2.32 bits per heavy atom. The van der Waals surface area contributed by atoms with E-state index in [4.69, 9.17) is 0 Å². The van der Waals surface area contributed by atoms with Crippen LogP contribution in [0.4, 0.5) is 5.69 Å². The number of rotatable bonds is 10. The number of benzene rings is 2. The molecule has 1 aromatic heterocycles. The summed E-state index contributed by atoms with van der Waals surface area (Å²) in [6.45, 7) is 5.99. The fraction of sp³-hybridized carbons (Fsp3) is 0.333. The van der Waals surface area contributed by atoms with Crippen LogP contribution in [0.25, 0.3) is 0 Å². The molecule has 1 saturated heterocycles. The van der Waals surface area contributed by atoms with Crippen molar-refractivity contribution in [2.45, 2.75) is 25.9 Å². The number of nitrogens with one attached hydrogen (secondary N) is 2. The summed E-state index contributed by atoms with van der Waals surface area (Å²) < 4.78 is 0.